The van der Waals surface area contributed by atoms with Crippen molar-refractivity contribution in [1.29, 1.82) is 0 Å². The number of ether oxygens (including phenoxy) is 1. The maximum Gasteiger partial charge on any atom is 0.573 e. The van der Waals surface area contributed by atoms with Gasteiger partial charge in [-0.25, -0.2) is 4.98 Å². The molecule has 3 aromatic rings. The van der Waals surface area contributed by atoms with Crippen LogP contribution >= 0.6 is 0 Å². The first-order valence-corrected chi connectivity index (χ1v) is 5.85. The SMILES string of the molecule is O=c1ccc2ncn(-c3ccccc3OC(F)(F)F)c2[nH]1. The smallest absolute Gasteiger partial charge is 0.404 e. The Labute approximate surface area is 115 Å². The van der Waals surface area contributed by atoms with E-state index in [1.807, 2.05) is 0 Å². The van der Waals surface area contributed by atoms with Gasteiger partial charge in [0, 0.05) is 6.07 Å². The summed E-state index contributed by atoms with van der Waals surface area (Å²) in [6.07, 6.45) is -3.49. The van der Waals surface area contributed by atoms with Crippen molar-refractivity contribution in [2.45, 2.75) is 6.36 Å². The molecule has 1 N–H and O–H groups in total. The Morgan fingerprint density at radius 3 is 2.67 bits per heavy atom. The zero-order valence-electron chi connectivity index (χ0n) is 10.4. The molecule has 0 aliphatic heterocycles. The number of halogens is 3. The number of para-hydroxylation sites is 2. The van der Waals surface area contributed by atoms with Crippen LogP contribution in [0, 0.1) is 0 Å². The topological polar surface area (TPSA) is 59.9 Å². The Balaban J connectivity index is 2.19. The predicted octanol–water partition coefficient (Wildman–Crippen LogP) is 2.61. The van der Waals surface area contributed by atoms with E-state index in [2.05, 4.69) is 14.7 Å². The number of hydrogen-bond acceptors (Lipinski definition) is 3. The molecule has 5 nitrogen and oxygen atoms in total. The van der Waals surface area contributed by atoms with Crippen LogP contribution < -0.4 is 10.3 Å². The van der Waals surface area contributed by atoms with Crippen LogP contribution in [-0.4, -0.2) is 20.9 Å². The third kappa shape index (κ3) is 2.60. The van der Waals surface area contributed by atoms with Gasteiger partial charge in [0.25, 0.3) is 0 Å². The summed E-state index contributed by atoms with van der Waals surface area (Å²) in [5.74, 6) is -0.381. The number of benzene rings is 1. The van der Waals surface area contributed by atoms with Gasteiger partial charge in [-0.3, -0.25) is 9.36 Å². The Morgan fingerprint density at radius 2 is 1.90 bits per heavy atom. The van der Waals surface area contributed by atoms with Gasteiger partial charge < -0.3 is 9.72 Å². The number of nitrogens with one attached hydrogen (secondary N) is 1. The van der Waals surface area contributed by atoms with Crippen molar-refractivity contribution >= 4 is 11.2 Å². The number of aromatic nitrogens is 3. The van der Waals surface area contributed by atoms with Crippen molar-refractivity contribution < 1.29 is 17.9 Å². The fraction of sp³-hybridized carbons (Fsp3) is 0.0769. The van der Waals surface area contributed by atoms with E-state index >= 15 is 0 Å². The lowest BCUT2D eigenvalue weighted by molar-refractivity contribution is -0.274. The number of alkyl halides is 3. The summed E-state index contributed by atoms with van der Waals surface area (Å²) in [4.78, 5) is 17.9. The van der Waals surface area contributed by atoms with E-state index in [1.165, 1.54) is 41.2 Å². The van der Waals surface area contributed by atoms with Gasteiger partial charge in [0.2, 0.25) is 5.56 Å². The average molecular weight is 295 g/mol. The molecule has 0 aliphatic carbocycles. The summed E-state index contributed by atoms with van der Waals surface area (Å²) < 4.78 is 42.6. The molecule has 0 saturated carbocycles. The molecule has 3 rings (SSSR count). The Bertz CT molecular complexity index is 851. The molecule has 0 spiro atoms. The van der Waals surface area contributed by atoms with Crippen molar-refractivity contribution in [1.82, 2.24) is 14.5 Å². The van der Waals surface area contributed by atoms with Gasteiger partial charge in [0.05, 0.1) is 5.69 Å². The number of H-pyrrole nitrogens is 1. The Hall–Kier alpha value is -2.77. The van der Waals surface area contributed by atoms with Crippen LogP contribution in [0.15, 0.2) is 47.5 Å². The van der Waals surface area contributed by atoms with Gasteiger partial charge in [0.15, 0.2) is 5.75 Å². The van der Waals surface area contributed by atoms with E-state index in [0.717, 1.165) is 0 Å². The van der Waals surface area contributed by atoms with E-state index in [-0.39, 0.29) is 17.0 Å². The third-order valence-corrected chi connectivity index (χ3v) is 2.78. The average Bonchev–Trinajstić information content (AvgIpc) is 2.80. The third-order valence-electron chi connectivity index (χ3n) is 2.78. The highest BCUT2D eigenvalue weighted by molar-refractivity contribution is 5.73. The van der Waals surface area contributed by atoms with Crippen LogP contribution in [0.2, 0.25) is 0 Å². The molecule has 0 fully saturated rings. The summed E-state index contributed by atoms with van der Waals surface area (Å²) in [7, 11) is 0. The van der Waals surface area contributed by atoms with E-state index in [4.69, 9.17) is 0 Å². The molecule has 0 bridgehead atoms. The Kier molecular flexibility index (Phi) is 2.93. The van der Waals surface area contributed by atoms with Gasteiger partial charge in [-0.2, -0.15) is 0 Å². The standard InChI is InChI=1S/C13H8F3N3O2/c14-13(15,16)21-10-4-2-1-3-9(10)19-7-17-8-5-6-11(20)18-12(8)19/h1-7H,(H,18,20). The van der Waals surface area contributed by atoms with E-state index in [0.29, 0.717) is 11.2 Å². The summed E-state index contributed by atoms with van der Waals surface area (Å²) in [6.45, 7) is 0. The summed E-state index contributed by atoms with van der Waals surface area (Å²) in [6, 6.07) is 8.39. The normalized spacial score (nSPS) is 11.8. The molecular weight excluding hydrogens is 287 g/mol. The number of aromatic amines is 1. The maximum atomic E-state index is 12.4. The van der Waals surface area contributed by atoms with Gasteiger partial charge in [-0.05, 0) is 18.2 Å². The number of imidazole rings is 1. The molecule has 0 radical (unpaired) electrons. The minimum Gasteiger partial charge on any atom is -0.404 e. The zero-order chi connectivity index (χ0) is 15.0. The van der Waals surface area contributed by atoms with Gasteiger partial charge >= 0.3 is 6.36 Å². The molecule has 2 heterocycles. The van der Waals surface area contributed by atoms with E-state index < -0.39 is 6.36 Å². The molecule has 21 heavy (non-hydrogen) atoms. The van der Waals surface area contributed by atoms with Crippen molar-refractivity contribution in [3.8, 4) is 11.4 Å². The first-order chi connectivity index (χ1) is 9.94. The first-order valence-electron chi connectivity index (χ1n) is 5.85. The highest BCUT2D eigenvalue weighted by Crippen LogP contribution is 2.30. The lowest BCUT2D eigenvalue weighted by atomic mass is 10.3. The fourth-order valence-electron chi connectivity index (χ4n) is 1.97. The number of rotatable bonds is 2. The number of nitrogens with zero attached hydrogens (tertiary/aromatic N) is 2. The summed E-state index contributed by atoms with van der Waals surface area (Å²) in [5.41, 5.74) is 0.495. The molecule has 8 heteroatoms. The molecule has 2 aromatic heterocycles. The second kappa shape index (κ2) is 4.65. The van der Waals surface area contributed by atoms with Crippen LogP contribution in [0.25, 0.3) is 16.9 Å². The predicted molar refractivity (Wildman–Crippen MR) is 68.4 cm³/mol. The van der Waals surface area contributed by atoms with Crippen LogP contribution in [0.4, 0.5) is 13.2 Å². The van der Waals surface area contributed by atoms with E-state index in [1.54, 1.807) is 6.07 Å². The number of fused-ring (bicyclic) bond motifs is 1. The molecule has 0 amide bonds. The molecule has 0 saturated heterocycles. The second-order valence-corrected chi connectivity index (χ2v) is 4.19. The van der Waals surface area contributed by atoms with Gasteiger partial charge in [0.1, 0.15) is 17.5 Å². The first kappa shape index (κ1) is 13.2. The van der Waals surface area contributed by atoms with Crippen LogP contribution in [0.5, 0.6) is 5.75 Å². The van der Waals surface area contributed by atoms with Gasteiger partial charge in [-0.15, -0.1) is 13.2 Å². The van der Waals surface area contributed by atoms with Crippen LogP contribution in [0.1, 0.15) is 0 Å². The summed E-state index contributed by atoms with van der Waals surface area (Å²) in [5, 5.41) is 0. The minimum atomic E-state index is -4.81. The molecular formula is C13H8F3N3O2. The molecule has 0 unspecified atom stereocenters. The van der Waals surface area contributed by atoms with Crippen molar-refractivity contribution in [2.75, 3.05) is 0 Å². The monoisotopic (exact) mass is 295 g/mol. The van der Waals surface area contributed by atoms with Crippen molar-refractivity contribution in [3.05, 3.63) is 53.1 Å². The molecule has 1 aromatic carbocycles. The van der Waals surface area contributed by atoms with Crippen molar-refractivity contribution in [2.24, 2.45) is 0 Å². The highest BCUT2D eigenvalue weighted by Gasteiger charge is 2.32. The zero-order valence-corrected chi connectivity index (χ0v) is 10.4. The van der Waals surface area contributed by atoms with Crippen LogP contribution in [-0.2, 0) is 0 Å². The van der Waals surface area contributed by atoms with E-state index in [9.17, 15) is 18.0 Å². The number of pyridine rings is 1. The largest absolute Gasteiger partial charge is 0.573 e. The fourth-order valence-corrected chi connectivity index (χ4v) is 1.97. The van der Waals surface area contributed by atoms with Gasteiger partial charge in [-0.1, -0.05) is 12.1 Å². The lowest BCUT2D eigenvalue weighted by Crippen LogP contribution is -2.18. The quantitative estimate of drug-likeness (QED) is 0.790. The number of hydrogen-bond donors (Lipinski definition) is 1. The highest BCUT2D eigenvalue weighted by atomic mass is 19.4. The van der Waals surface area contributed by atoms with Crippen molar-refractivity contribution in [3.63, 3.8) is 0 Å². The Morgan fingerprint density at radius 1 is 1.14 bits per heavy atom. The molecule has 0 aliphatic rings. The molecule has 108 valence electrons. The lowest BCUT2D eigenvalue weighted by Gasteiger charge is -2.13. The summed E-state index contributed by atoms with van der Waals surface area (Å²) >= 11 is 0. The van der Waals surface area contributed by atoms with Crippen LogP contribution in [0.3, 0.4) is 0 Å². The minimum absolute atomic E-state index is 0.124. The molecule has 0 atom stereocenters. The second-order valence-electron chi connectivity index (χ2n) is 4.19. The maximum absolute atomic E-state index is 12.4.